The zero-order chi connectivity index (χ0) is 10.4. The van der Waals surface area contributed by atoms with Gasteiger partial charge in [0.15, 0.2) is 0 Å². The molecule has 0 aromatic carbocycles. The van der Waals surface area contributed by atoms with Crippen LogP contribution < -0.4 is 5.73 Å². The van der Waals surface area contributed by atoms with Gasteiger partial charge in [-0.15, -0.1) is 11.3 Å². The quantitative estimate of drug-likeness (QED) is 0.734. The highest BCUT2D eigenvalue weighted by Gasteiger charge is 2.07. The van der Waals surface area contributed by atoms with Crippen molar-refractivity contribution in [3.63, 3.8) is 0 Å². The van der Waals surface area contributed by atoms with E-state index in [2.05, 4.69) is 17.3 Å². The molecule has 0 saturated carbocycles. The maximum Gasteiger partial charge on any atom is 0.0951 e. The summed E-state index contributed by atoms with van der Waals surface area (Å²) in [5.74, 6) is 0.368. The Morgan fingerprint density at radius 3 is 3.07 bits per heavy atom. The second-order valence-electron chi connectivity index (χ2n) is 3.25. The van der Waals surface area contributed by atoms with Crippen LogP contribution in [0, 0.1) is 0 Å². The molecule has 1 atom stereocenters. The minimum absolute atomic E-state index is 0.368. The van der Waals surface area contributed by atoms with Gasteiger partial charge in [0.1, 0.15) is 0 Å². The molecule has 0 aliphatic heterocycles. The van der Waals surface area contributed by atoms with E-state index in [-0.39, 0.29) is 0 Å². The van der Waals surface area contributed by atoms with Crippen LogP contribution in [0.3, 0.4) is 0 Å². The average molecular weight is 214 g/mol. The molecule has 0 spiro atoms. The van der Waals surface area contributed by atoms with Gasteiger partial charge in [-0.2, -0.15) is 0 Å². The lowest BCUT2D eigenvalue weighted by Crippen LogP contribution is -2.09. The summed E-state index contributed by atoms with van der Waals surface area (Å²) in [6.07, 6.45) is 0.912. The van der Waals surface area contributed by atoms with Gasteiger partial charge in [0.25, 0.3) is 0 Å². The van der Waals surface area contributed by atoms with Crippen LogP contribution in [0.5, 0.6) is 0 Å². The fraction of sp³-hybridized carbons (Fsp3) is 0.700. The first-order valence-electron chi connectivity index (χ1n) is 5.00. The molecule has 3 nitrogen and oxygen atoms in total. The van der Waals surface area contributed by atoms with E-state index in [1.165, 1.54) is 0 Å². The molecule has 0 aliphatic carbocycles. The molecule has 0 fully saturated rings. The minimum atomic E-state index is 0.368. The van der Waals surface area contributed by atoms with Crippen LogP contribution in [0.15, 0.2) is 5.38 Å². The molecule has 0 saturated heterocycles. The first-order chi connectivity index (χ1) is 6.77. The lowest BCUT2D eigenvalue weighted by Gasteiger charge is -2.02. The van der Waals surface area contributed by atoms with Gasteiger partial charge in [-0.3, -0.25) is 0 Å². The number of rotatable bonds is 6. The van der Waals surface area contributed by atoms with Crippen molar-refractivity contribution >= 4 is 11.3 Å². The van der Waals surface area contributed by atoms with Crippen LogP contribution in [0.2, 0.25) is 0 Å². The maximum atomic E-state index is 5.57. The lowest BCUT2D eigenvalue weighted by atomic mass is 10.1. The topological polar surface area (TPSA) is 48.1 Å². The summed E-state index contributed by atoms with van der Waals surface area (Å²) >= 11 is 1.70. The predicted molar refractivity (Wildman–Crippen MR) is 59.8 cm³/mol. The van der Waals surface area contributed by atoms with Crippen molar-refractivity contribution in [3.8, 4) is 0 Å². The van der Waals surface area contributed by atoms with Gasteiger partial charge < -0.3 is 10.5 Å². The average Bonchev–Trinajstić information content (AvgIpc) is 2.66. The molecule has 14 heavy (non-hydrogen) atoms. The van der Waals surface area contributed by atoms with E-state index in [0.717, 1.165) is 30.3 Å². The van der Waals surface area contributed by atoms with Gasteiger partial charge >= 0.3 is 0 Å². The highest BCUT2D eigenvalue weighted by molar-refractivity contribution is 7.09. The molecule has 4 heteroatoms. The molecule has 0 radical (unpaired) electrons. The molecule has 80 valence electrons. The summed E-state index contributed by atoms with van der Waals surface area (Å²) < 4.78 is 5.28. The Hall–Kier alpha value is -0.450. The van der Waals surface area contributed by atoms with Crippen LogP contribution in [0.25, 0.3) is 0 Å². The molecule has 1 unspecified atom stereocenters. The van der Waals surface area contributed by atoms with Crippen LogP contribution in [-0.2, 0) is 11.2 Å². The van der Waals surface area contributed by atoms with E-state index in [1.54, 1.807) is 11.3 Å². The Balaban J connectivity index is 2.42. The number of hydrogen-bond donors (Lipinski definition) is 1. The largest absolute Gasteiger partial charge is 0.381 e. The van der Waals surface area contributed by atoms with E-state index >= 15 is 0 Å². The number of aromatic nitrogens is 1. The van der Waals surface area contributed by atoms with Gasteiger partial charge in [-0.1, -0.05) is 6.92 Å². The van der Waals surface area contributed by atoms with E-state index < -0.39 is 0 Å². The van der Waals surface area contributed by atoms with Crippen molar-refractivity contribution in [2.75, 3.05) is 19.8 Å². The molecular formula is C10H18N2OS. The molecule has 0 bridgehead atoms. The Labute approximate surface area is 89.3 Å². The van der Waals surface area contributed by atoms with Crippen molar-refractivity contribution in [3.05, 3.63) is 16.1 Å². The number of ether oxygens (including phenoxy) is 1. The first kappa shape index (κ1) is 11.6. The third-order valence-corrected chi connectivity index (χ3v) is 3.02. The highest BCUT2D eigenvalue weighted by Crippen LogP contribution is 2.17. The second-order valence-corrected chi connectivity index (χ2v) is 4.19. The van der Waals surface area contributed by atoms with Gasteiger partial charge in [0, 0.05) is 30.9 Å². The van der Waals surface area contributed by atoms with E-state index in [4.69, 9.17) is 10.5 Å². The third-order valence-electron chi connectivity index (χ3n) is 2.09. The number of thiazole rings is 1. The molecule has 1 aromatic rings. The first-order valence-corrected chi connectivity index (χ1v) is 5.88. The van der Waals surface area contributed by atoms with Gasteiger partial charge in [-0.25, -0.2) is 4.98 Å². The number of nitrogens with two attached hydrogens (primary N) is 1. The van der Waals surface area contributed by atoms with Gasteiger partial charge in [-0.05, 0) is 6.92 Å². The third kappa shape index (κ3) is 3.36. The normalized spacial score (nSPS) is 13.1. The zero-order valence-corrected chi connectivity index (χ0v) is 9.64. The molecule has 1 rings (SSSR count). The van der Waals surface area contributed by atoms with Crippen molar-refractivity contribution in [2.24, 2.45) is 5.73 Å². The molecular weight excluding hydrogens is 196 g/mol. The van der Waals surface area contributed by atoms with Crippen molar-refractivity contribution < 1.29 is 4.74 Å². The molecule has 1 aromatic heterocycles. The van der Waals surface area contributed by atoms with Crippen LogP contribution in [0.1, 0.15) is 30.5 Å². The summed E-state index contributed by atoms with van der Waals surface area (Å²) in [4.78, 5) is 4.51. The van der Waals surface area contributed by atoms with E-state index in [0.29, 0.717) is 12.5 Å². The van der Waals surface area contributed by atoms with Crippen LogP contribution in [0.4, 0.5) is 0 Å². The molecule has 1 heterocycles. The van der Waals surface area contributed by atoms with E-state index in [1.807, 2.05) is 6.92 Å². The van der Waals surface area contributed by atoms with E-state index in [9.17, 15) is 0 Å². The van der Waals surface area contributed by atoms with Crippen molar-refractivity contribution in [2.45, 2.75) is 26.2 Å². The van der Waals surface area contributed by atoms with Crippen molar-refractivity contribution in [1.82, 2.24) is 4.98 Å². The predicted octanol–water partition coefficient (Wildman–Crippen LogP) is 1.78. The molecule has 0 aliphatic rings. The van der Waals surface area contributed by atoms with Crippen LogP contribution >= 0.6 is 11.3 Å². The summed E-state index contributed by atoms with van der Waals surface area (Å²) in [7, 11) is 0. The minimum Gasteiger partial charge on any atom is -0.381 e. The molecule has 0 amide bonds. The SMILES string of the molecule is CCOCCc1nc(C(C)CN)cs1. The lowest BCUT2D eigenvalue weighted by molar-refractivity contribution is 0.151. The Morgan fingerprint density at radius 2 is 2.43 bits per heavy atom. The Morgan fingerprint density at radius 1 is 1.64 bits per heavy atom. The maximum absolute atomic E-state index is 5.57. The second kappa shape index (κ2) is 6.11. The zero-order valence-electron chi connectivity index (χ0n) is 8.82. The monoisotopic (exact) mass is 214 g/mol. The number of hydrogen-bond acceptors (Lipinski definition) is 4. The number of nitrogens with zero attached hydrogens (tertiary/aromatic N) is 1. The summed E-state index contributed by atoms with van der Waals surface area (Å²) in [5.41, 5.74) is 6.69. The highest BCUT2D eigenvalue weighted by atomic mass is 32.1. The molecule has 2 N–H and O–H groups in total. The smallest absolute Gasteiger partial charge is 0.0951 e. The van der Waals surface area contributed by atoms with Gasteiger partial charge in [0.05, 0.1) is 17.3 Å². The van der Waals surface area contributed by atoms with Gasteiger partial charge in [0.2, 0.25) is 0 Å². The fourth-order valence-corrected chi connectivity index (χ4v) is 1.99. The summed E-state index contributed by atoms with van der Waals surface area (Å²) in [5, 5.41) is 3.24. The standard InChI is InChI=1S/C10H18N2OS/c1-3-13-5-4-10-12-9(7-14-10)8(2)6-11/h7-8H,3-6,11H2,1-2H3. The fourth-order valence-electron chi connectivity index (χ4n) is 1.09. The van der Waals surface area contributed by atoms with Crippen LogP contribution in [-0.4, -0.2) is 24.7 Å². The summed E-state index contributed by atoms with van der Waals surface area (Å²) in [6, 6.07) is 0. The Kier molecular flexibility index (Phi) is 5.07. The Bertz CT molecular complexity index is 262. The summed E-state index contributed by atoms with van der Waals surface area (Å²) in [6.45, 7) is 6.30. The van der Waals surface area contributed by atoms with Crippen molar-refractivity contribution in [1.29, 1.82) is 0 Å².